The van der Waals surface area contributed by atoms with Crippen molar-refractivity contribution in [1.82, 2.24) is 0 Å². The van der Waals surface area contributed by atoms with Crippen molar-refractivity contribution in [3.63, 3.8) is 0 Å². The van der Waals surface area contributed by atoms with E-state index >= 15 is 0 Å². The molecular weight excluding hydrogens is 290 g/mol. The molecule has 2 aromatic carbocycles. The highest BCUT2D eigenvalue weighted by atomic mass is 79.9. The van der Waals surface area contributed by atoms with Gasteiger partial charge in [-0.05, 0) is 29.3 Å². The quantitative estimate of drug-likeness (QED) is 0.711. The zero-order valence-corrected chi connectivity index (χ0v) is 10.7. The molecule has 16 heavy (non-hydrogen) atoms. The van der Waals surface area contributed by atoms with Crippen molar-refractivity contribution in [2.45, 2.75) is 6.67 Å². The molecular formula is C13H9BrClF. The van der Waals surface area contributed by atoms with Crippen molar-refractivity contribution in [3.05, 3.63) is 57.5 Å². The van der Waals surface area contributed by atoms with Gasteiger partial charge in [-0.3, -0.25) is 0 Å². The molecule has 2 rings (SSSR count). The second-order valence-corrected chi connectivity index (χ2v) is 4.73. The Labute approximate surface area is 107 Å². The topological polar surface area (TPSA) is 0 Å². The molecule has 0 spiro atoms. The van der Waals surface area contributed by atoms with Gasteiger partial charge in [-0.15, -0.1) is 0 Å². The smallest absolute Gasteiger partial charge is 0.117 e. The van der Waals surface area contributed by atoms with E-state index in [1.807, 2.05) is 36.4 Å². The van der Waals surface area contributed by atoms with Gasteiger partial charge >= 0.3 is 0 Å². The average molecular weight is 300 g/mol. The van der Waals surface area contributed by atoms with Gasteiger partial charge in [-0.25, -0.2) is 4.39 Å². The van der Waals surface area contributed by atoms with Crippen LogP contribution in [-0.2, 0) is 6.67 Å². The van der Waals surface area contributed by atoms with E-state index in [1.54, 1.807) is 6.07 Å². The first-order valence-electron chi connectivity index (χ1n) is 4.81. The Balaban J connectivity index is 2.60. The van der Waals surface area contributed by atoms with Crippen molar-refractivity contribution in [2.75, 3.05) is 0 Å². The fraction of sp³-hybridized carbons (Fsp3) is 0.0769. The SMILES string of the molecule is FCc1c(Cl)cccc1-c1cccc(Br)c1. The minimum atomic E-state index is -0.554. The maximum absolute atomic E-state index is 12.9. The number of hydrogen-bond donors (Lipinski definition) is 0. The Morgan fingerprint density at radius 3 is 2.56 bits per heavy atom. The summed E-state index contributed by atoms with van der Waals surface area (Å²) in [6.07, 6.45) is 0. The van der Waals surface area contributed by atoms with Crippen LogP contribution < -0.4 is 0 Å². The first-order chi connectivity index (χ1) is 7.72. The molecule has 0 aliphatic heterocycles. The van der Waals surface area contributed by atoms with Crippen LogP contribution in [0.15, 0.2) is 46.9 Å². The first-order valence-corrected chi connectivity index (χ1v) is 5.99. The number of halogens is 3. The normalized spacial score (nSPS) is 10.4. The third-order valence-corrected chi connectivity index (χ3v) is 3.24. The van der Waals surface area contributed by atoms with E-state index in [0.717, 1.165) is 15.6 Å². The fourth-order valence-corrected chi connectivity index (χ4v) is 2.25. The number of hydrogen-bond acceptors (Lipinski definition) is 0. The lowest BCUT2D eigenvalue weighted by Crippen LogP contribution is -1.88. The molecule has 0 atom stereocenters. The maximum atomic E-state index is 12.9. The fourth-order valence-electron chi connectivity index (χ4n) is 1.62. The summed E-state index contributed by atoms with van der Waals surface area (Å²) in [6, 6.07) is 13.2. The van der Waals surface area contributed by atoms with E-state index in [1.165, 1.54) is 0 Å². The molecule has 0 saturated heterocycles. The Bertz CT molecular complexity index is 511. The molecule has 3 heteroatoms. The highest BCUT2D eigenvalue weighted by Crippen LogP contribution is 2.31. The average Bonchev–Trinajstić information content (AvgIpc) is 2.28. The van der Waals surface area contributed by atoms with Gasteiger partial charge in [0.25, 0.3) is 0 Å². The zero-order chi connectivity index (χ0) is 11.5. The summed E-state index contributed by atoms with van der Waals surface area (Å²) >= 11 is 9.37. The predicted octanol–water partition coefficient (Wildman–Crippen LogP) is 5.24. The highest BCUT2D eigenvalue weighted by molar-refractivity contribution is 9.10. The molecule has 82 valence electrons. The van der Waals surface area contributed by atoms with Crippen LogP contribution in [0.4, 0.5) is 4.39 Å². The Morgan fingerprint density at radius 1 is 1.12 bits per heavy atom. The molecule has 0 bridgehead atoms. The largest absolute Gasteiger partial charge is 0.246 e. The van der Waals surface area contributed by atoms with Gasteiger partial charge in [0, 0.05) is 15.1 Å². The summed E-state index contributed by atoms with van der Waals surface area (Å²) < 4.78 is 13.9. The van der Waals surface area contributed by atoms with Gasteiger partial charge in [0.15, 0.2) is 0 Å². The summed E-state index contributed by atoms with van der Waals surface area (Å²) in [4.78, 5) is 0. The number of alkyl halides is 1. The summed E-state index contributed by atoms with van der Waals surface area (Å²) in [6.45, 7) is -0.554. The summed E-state index contributed by atoms with van der Waals surface area (Å²) in [5.41, 5.74) is 2.35. The number of benzene rings is 2. The van der Waals surface area contributed by atoms with Gasteiger partial charge in [0.05, 0.1) is 0 Å². The van der Waals surface area contributed by atoms with Crippen LogP contribution >= 0.6 is 27.5 Å². The summed E-state index contributed by atoms with van der Waals surface area (Å²) in [5, 5.41) is 0.472. The van der Waals surface area contributed by atoms with Gasteiger partial charge < -0.3 is 0 Å². The molecule has 0 aliphatic rings. The van der Waals surface area contributed by atoms with E-state index in [-0.39, 0.29) is 0 Å². The molecule has 0 nitrogen and oxygen atoms in total. The van der Waals surface area contributed by atoms with Crippen molar-refractivity contribution in [1.29, 1.82) is 0 Å². The van der Waals surface area contributed by atoms with Gasteiger partial charge in [-0.2, -0.15) is 0 Å². The molecule has 0 unspecified atom stereocenters. The Morgan fingerprint density at radius 2 is 1.88 bits per heavy atom. The summed E-state index contributed by atoms with van der Waals surface area (Å²) in [5.74, 6) is 0. The lowest BCUT2D eigenvalue weighted by atomic mass is 10.0. The molecule has 0 aliphatic carbocycles. The molecule has 0 fully saturated rings. The van der Waals surface area contributed by atoms with E-state index in [0.29, 0.717) is 10.6 Å². The van der Waals surface area contributed by atoms with E-state index in [4.69, 9.17) is 11.6 Å². The van der Waals surface area contributed by atoms with Crippen molar-refractivity contribution in [3.8, 4) is 11.1 Å². The van der Waals surface area contributed by atoms with Crippen molar-refractivity contribution < 1.29 is 4.39 Å². The third-order valence-electron chi connectivity index (χ3n) is 2.39. The lowest BCUT2D eigenvalue weighted by molar-refractivity contribution is 0.486. The van der Waals surface area contributed by atoms with Gasteiger partial charge in [0.1, 0.15) is 6.67 Å². The Kier molecular flexibility index (Phi) is 3.62. The molecule has 0 saturated carbocycles. The monoisotopic (exact) mass is 298 g/mol. The zero-order valence-electron chi connectivity index (χ0n) is 8.38. The summed E-state index contributed by atoms with van der Waals surface area (Å²) in [7, 11) is 0. The van der Waals surface area contributed by atoms with Crippen LogP contribution in [0.3, 0.4) is 0 Å². The Hall–Kier alpha value is -0.860. The maximum Gasteiger partial charge on any atom is 0.117 e. The molecule has 0 amide bonds. The molecule has 0 N–H and O–H groups in total. The van der Waals surface area contributed by atoms with E-state index in [2.05, 4.69) is 15.9 Å². The second kappa shape index (κ2) is 4.98. The first kappa shape index (κ1) is 11.6. The van der Waals surface area contributed by atoms with Crippen molar-refractivity contribution in [2.24, 2.45) is 0 Å². The van der Waals surface area contributed by atoms with Gasteiger partial charge in [0.2, 0.25) is 0 Å². The van der Waals surface area contributed by atoms with Crippen LogP contribution in [-0.4, -0.2) is 0 Å². The van der Waals surface area contributed by atoms with Crippen LogP contribution in [0.5, 0.6) is 0 Å². The number of rotatable bonds is 2. The molecule has 2 aromatic rings. The highest BCUT2D eigenvalue weighted by Gasteiger charge is 2.08. The molecule has 0 radical (unpaired) electrons. The van der Waals surface area contributed by atoms with Crippen LogP contribution in [0.1, 0.15) is 5.56 Å². The minimum Gasteiger partial charge on any atom is -0.246 e. The van der Waals surface area contributed by atoms with Crippen LogP contribution in [0.25, 0.3) is 11.1 Å². The minimum absolute atomic E-state index is 0.472. The van der Waals surface area contributed by atoms with E-state index < -0.39 is 6.67 Å². The molecule has 0 aromatic heterocycles. The van der Waals surface area contributed by atoms with Gasteiger partial charge in [-0.1, -0.05) is 51.8 Å². The lowest BCUT2D eigenvalue weighted by Gasteiger charge is -2.08. The van der Waals surface area contributed by atoms with Crippen LogP contribution in [0, 0.1) is 0 Å². The van der Waals surface area contributed by atoms with Crippen LogP contribution in [0.2, 0.25) is 5.02 Å². The van der Waals surface area contributed by atoms with Crippen molar-refractivity contribution >= 4 is 27.5 Å². The second-order valence-electron chi connectivity index (χ2n) is 3.41. The molecule has 0 heterocycles. The predicted molar refractivity (Wildman–Crippen MR) is 69.4 cm³/mol. The standard InChI is InChI=1S/C13H9BrClF/c14-10-4-1-3-9(7-10)11-5-2-6-13(15)12(11)8-16/h1-7H,8H2. The van der Waals surface area contributed by atoms with E-state index in [9.17, 15) is 4.39 Å². The third kappa shape index (κ3) is 2.28.